The van der Waals surface area contributed by atoms with Crippen LogP contribution in [0.1, 0.15) is 22.4 Å². The molecule has 3 rings (SSSR count). The first-order valence-electron chi connectivity index (χ1n) is 8.17. The van der Waals surface area contributed by atoms with Crippen molar-refractivity contribution in [1.29, 1.82) is 0 Å². The summed E-state index contributed by atoms with van der Waals surface area (Å²) in [4.78, 5) is 12.6. The molecule has 0 atom stereocenters. The summed E-state index contributed by atoms with van der Waals surface area (Å²) in [6.07, 6.45) is 0.198. The number of nitrogens with one attached hydrogen (secondary N) is 1. The Hall–Kier alpha value is -2.37. The number of nitrogens with zero attached hydrogens (tertiary/aromatic N) is 1. The number of aromatic hydroxyl groups is 1. The summed E-state index contributed by atoms with van der Waals surface area (Å²) in [5.41, 5.74) is 4.51. The number of fused-ring (bicyclic) bond motifs is 1. The number of halogens is 1. The molecule has 0 fully saturated rings. The monoisotopic (exact) mass is 386 g/mol. The normalized spacial score (nSPS) is 10.9. The first-order valence-corrected chi connectivity index (χ1v) is 8.96. The lowest BCUT2D eigenvalue weighted by Crippen LogP contribution is -2.20. The van der Waals surface area contributed by atoms with Crippen LogP contribution in [0.25, 0.3) is 10.9 Å². The van der Waals surface area contributed by atoms with Gasteiger partial charge < -0.3 is 15.0 Å². The number of aryl methyl sites for hydroxylation is 1. The number of carbonyl (C=O) groups excluding carboxylic acids is 1. The van der Waals surface area contributed by atoms with E-state index in [4.69, 9.17) is 23.8 Å². The minimum atomic E-state index is -0.108. The number of thiocarbonyl (C=S) groups is 1. The van der Waals surface area contributed by atoms with Gasteiger partial charge in [0.1, 0.15) is 10.7 Å². The van der Waals surface area contributed by atoms with Crippen molar-refractivity contribution < 1.29 is 9.90 Å². The molecule has 0 bridgehead atoms. The molecule has 4 nitrogen and oxygen atoms in total. The first kappa shape index (κ1) is 18.4. The van der Waals surface area contributed by atoms with E-state index in [0.717, 1.165) is 33.3 Å². The molecule has 1 heterocycles. The minimum absolute atomic E-state index is 0.0178. The Bertz CT molecular complexity index is 1020. The topological polar surface area (TPSA) is 54.3 Å². The molecular weight excluding hydrogens is 368 g/mol. The maximum atomic E-state index is 12.0. The van der Waals surface area contributed by atoms with E-state index >= 15 is 0 Å². The molecule has 0 spiro atoms. The van der Waals surface area contributed by atoms with Crippen LogP contribution in [0.4, 0.5) is 0 Å². The predicted octanol–water partition coefficient (Wildman–Crippen LogP) is 4.13. The highest BCUT2D eigenvalue weighted by molar-refractivity contribution is 7.80. The second-order valence-corrected chi connectivity index (χ2v) is 7.04. The fraction of sp³-hybridized carbons (Fsp3) is 0.200. The lowest BCUT2D eigenvalue weighted by molar-refractivity contribution is -0.119. The van der Waals surface area contributed by atoms with E-state index in [-0.39, 0.29) is 23.1 Å². The van der Waals surface area contributed by atoms with Gasteiger partial charge in [-0.15, -0.1) is 0 Å². The van der Waals surface area contributed by atoms with Crippen LogP contribution in [-0.4, -0.2) is 27.6 Å². The van der Waals surface area contributed by atoms with E-state index in [2.05, 4.69) is 5.32 Å². The van der Waals surface area contributed by atoms with Gasteiger partial charge in [0.15, 0.2) is 0 Å². The van der Waals surface area contributed by atoms with Crippen LogP contribution in [0.15, 0.2) is 36.4 Å². The van der Waals surface area contributed by atoms with Crippen LogP contribution < -0.4 is 5.32 Å². The molecule has 0 saturated carbocycles. The predicted molar refractivity (Wildman–Crippen MR) is 109 cm³/mol. The lowest BCUT2D eigenvalue weighted by Gasteiger charge is -2.11. The molecule has 3 aromatic rings. The Morgan fingerprint density at radius 2 is 1.88 bits per heavy atom. The zero-order valence-corrected chi connectivity index (χ0v) is 16.3. The number of amides is 1. The number of rotatable bonds is 3. The van der Waals surface area contributed by atoms with Crippen LogP contribution in [0, 0.1) is 13.8 Å². The number of carbonyl (C=O) groups is 1. The quantitative estimate of drug-likeness (QED) is 0.665. The van der Waals surface area contributed by atoms with Gasteiger partial charge in [-0.25, -0.2) is 0 Å². The molecule has 26 heavy (non-hydrogen) atoms. The van der Waals surface area contributed by atoms with E-state index in [0.29, 0.717) is 4.99 Å². The number of likely N-dealkylation sites (N-methyl/N-ethyl adjacent to an activating group) is 1. The second kappa shape index (κ2) is 7.09. The summed E-state index contributed by atoms with van der Waals surface area (Å²) in [6.45, 7) is 3.94. The zero-order chi connectivity index (χ0) is 19.0. The van der Waals surface area contributed by atoms with Crippen LogP contribution in [0.2, 0.25) is 5.02 Å². The third kappa shape index (κ3) is 3.20. The van der Waals surface area contributed by atoms with Gasteiger partial charge in [0.25, 0.3) is 0 Å². The molecule has 0 radical (unpaired) electrons. The van der Waals surface area contributed by atoms with E-state index in [1.807, 2.05) is 42.7 Å². The Kier molecular flexibility index (Phi) is 5.03. The maximum absolute atomic E-state index is 12.0. The zero-order valence-electron chi connectivity index (χ0n) is 14.8. The van der Waals surface area contributed by atoms with Gasteiger partial charge >= 0.3 is 0 Å². The Labute approximate surface area is 162 Å². The standard InChI is InChI=1S/C20H19ClN2O2S/c1-11-4-6-13(7-5-11)20(26)23-12(2)14(9-19(25)22-3)15-8-18(24)16(21)10-17(15)23/h4-8,10,24H,9H2,1-3H3,(H,22,25). The maximum Gasteiger partial charge on any atom is 0.224 e. The highest BCUT2D eigenvalue weighted by Crippen LogP contribution is 2.35. The average Bonchev–Trinajstić information content (AvgIpc) is 2.87. The second-order valence-electron chi connectivity index (χ2n) is 6.24. The van der Waals surface area contributed by atoms with Crippen molar-refractivity contribution in [2.45, 2.75) is 20.3 Å². The number of phenolic OH excluding ortho intramolecular Hbond substituents is 1. The third-order valence-electron chi connectivity index (χ3n) is 4.52. The van der Waals surface area contributed by atoms with Crippen LogP contribution >= 0.6 is 23.8 Å². The molecule has 0 aliphatic carbocycles. The Balaban J connectivity index is 2.25. The molecule has 6 heteroatoms. The van der Waals surface area contributed by atoms with Crippen LogP contribution in [0.3, 0.4) is 0 Å². The molecule has 2 aromatic carbocycles. The highest BCUT2D eigenvalue weighted by Gasteiger charge is 2.20. The number of aromatic nitrogens is 1. The Morgan fingerprint density at radius 3 is 2.50 bits per heavy atom. The average molecular weight is 387 g/mol. The summed E-state index contributed by atoms with van der Waals surface area (Å²) in [7, 11) is 1.60. The van der Waals surface area contributed by atoms with Crippen molar-refractivity contribution in [1.82, 2.24) is 9.88 Å². The summed E-state index contributed by atoms with van der Waals surface area (Å²) < 4.78 is 1.92. The molecule has 1 amide bonds. The highest BCUT2D eigenvalue weighted by atomic mass is 35.5. The third-order valence-corrected chi connectivity index (χ3v) is 5.24. The van der Waals surface area contributed by atoms with Gasteiger partial charge in [-0.1, -0.05) is 53.6 Å². The van der Waals surface area contributed by atoms with Crippen molar-refractivity contribution in [3.63, 3.8) is 0 Å². The van der Waals surface area contributed by atoms with E-state index in [9.17, 15) is 9.90 Å². The van der Waals surface area contributed by atoms with Crippen molar-refractivity contribution in [2.24, 2.45) is 0 Å². The van der Waals surface area contributed by atoms with Crippen molar-refractivity contribution in [3.8, 4) is 5.75 Å². The number of hydrogen-bond acceptors (Lipinski definition) is 3. The van der Waals surface area contributed by atoms with E-state index in [1.165, 1.54) is 0 Å². The van der Waals surface area contributed by atoms with Gasteiger partial charge in [-0.3, -0.25) is 4.79 Å². The van der Waals surface area contributed by atoms with Gasteiger partial charge in [-0.2, -0.15) is 0 Å². The molecule has 0 saturated heterocycles. The van der Waals surface area contributed by atoms with Gasteiger partial charge in [0, 0.05) is 23.7 Å². The smallest absolute Gasteiger partial charge is 0.224 e. The molecule has 0 unspecified atom stereocenters. The van der Waals surface area contributed by atoms with Crippen molar-refractivity contribution in [3.05, 3.63) is 63.8 Å². The summed E-state index contributed by atoms with van der Waals surface area (Å²) in [6, 6.07) is 11.2. The van der Waals surface area contributed by atoms with E-state index < -0.39 is 0 Å². The molecule has 134 valence electrons. The molecule has 0 aliphatic rings. The molecule has 2 N–H and O–H groups in total. The van der Waals surface area contributed by atoms with Crippen molar-refractivity contribution in [2.75, 3.05) is 7.05 Å². The number of hydrogen-bond donors (Lipinski definition) is 2. The summed E-state index contributed by atoms with van der Waals surface area (Å²) in [5, 5.41) is 13.7. The minimum Gasteiger partial charge on any atom is -0.506 e. The Morgan fingerprint density at radius 1 is 1.23 bits per heavy atom. The largest absolute Gasteiger partial charge is 0.506 e. The van der Waals surface area contributed by atoms with E-state index in [1.54, 1.807) is 19.2 Å². The lowest BCUT2D eigenvalue weighted by atomic mass is 10.1. The summed E-state index contributed by atoms with van der Waals surface area (Å²) in [5.74, 6) is -0.126. The fourth-order valence-corrected chi connectivity index (χ4v) is 3.58. The number of benzene rings is 2. The number of phenols is 1. The van der Waals surface area contributed by atoms with Gasteiger partial charge in [-0.05, 0) is 31.5 Å². The van der Waals surface area contributed by atoms with Gasteiger partial charge in [0.2, 0.25) is 5.91 Å². The SMILES string of the molecule is CNC(=O)Cc1c(C)n(C(=S)c2ccc(C)cc2)c2cc(Cl)c(O)cc12. The first-order chi connectivity index (χ1) is 12.3. The molecule has 1 aromatic heterocycles. The molecular formula is C20H19ClN2O2S. The van der Waals surface area contributed by atoms with Crippen molar-refractivity contribution >= 4 is 45.6 Å². The summed E-state index contributed by atoms with van der Waals surface area (Å²) >= 11 is 11.9. The fourth-order valence-electron chi connectivity index (χ4n) is 3.05. The molecule has 0 aliphatic heterocycles. The van der Waals surface area contributed by atoms with Gasteiger partial charge in [0.05, 0.1) is 17.0 Å². The van der Waals surface area contributed by atoms with Crippen LogP contribution in [0.5, 0.6) is 5.75 Å². The van der Waals surface area contributed by atoms with Crippen LogP contribution in [-0.2, 0) is 11.2 Å².